The van der Waals surface area contributed by atoms with E-state index in [0.717, 1.165) is 10.9 Å². The Labute approximate surface area is 163 Å². The summed E-state index contributed by atoms with van der Waals surface area (Å²) in [6.07, 6.45) is 0. The summed E-state index contributed by atoms with van der Waals surface area (Å²) in [5, 5.41) is 0.372. The number of carbonyl (C=O) groups is 2. The van der Waals surface area contributed by atoms with Gasteiger partial charge in [0.15, 0.2) is 12.0 Å². The molecule has 0 bridgehead atoms. The van der Waals surface area contributed by atoms with Crippen molar-refractivity contribution in [1.29, 1.82) is 0 Å². The lowest BCUT2D eigenvalue weighted by Crippen LogP contribution is -2.33. The molecule has 6 nitrogen and oxygen atoms in total. The second-order valence-electron chi connectivity index (χ2n) is 5.66. The summed E-state index contributed by atoms with van der Waals surface area (Å²) in [6, 6.07) is 11.3. The van der Waals surface area contributed by atoms with Gasteiger partial charge in [-0.1, -0.05) is 23.7 Å². The van der Waals surface area contributed by atoms with Gasteiger partial charge in [-0.3, -0.25) is 9.59 Å². The van der Waals surface area contributed by atoms with Crippen LogP contribution in [0.2, 0.25) is 4.34 Å². The second kappa shape index (κ2) is 8.37. The highest BCUT2D eigenvalue weighted by Crippen LogP contribution is 2.22. The molecule has 0 radical (unpaired) electrons. The van der Waals surface area contributed by atoms with E-state index in [1.165, 1.54) is 11.3 Å². The third-order valence-corrected chi connectivity index (χ3v) is 5.09. The molecule has 0 atom stereocenters. The van der Waals surface area contributed by atoms with Gasteiger partial charge in [-0.25, -0.2) is 4.79 Å². The second-order valence-corrected chi connectivity index (χ2v) is 7.46. The first-order valence-electron chi connectivity index (χ1n) is 8.20. The van der Waals surface area contributed by atoms with Crippen molar-refractivity contribution in [2.24, 2.45) is 0 Å². The topological polar surface area (TPSA) is 76.8 Å². The van der Waals surface area contributed by atoms with Gasteiger partial charge in [0, 0.05) is 17.5 Å². The van der Waals surface area contributed by atoms with Crippen LogP contribution in [0.1, 0.15) is 22.4 Å². The van der Waals surface area contributed by atoms with E-state index in [0.29, 0.717) is 22.8 Å². The van der Waals surface area contributed by atoms with Crippen molar-refractivity contribution in [3.63, 3.8) is 0 Å². The lowest BCUT2D eigenvalue weighted by atomic mass is 10.2. The molecule has 140 valence electrons. The van der Waals surface area contributed by atoms with Crippen LogP contribution in [-0.4, -0.2) is 29.9 Å². The van der Waals surface area contributed by atoms with E-state index in [4.69, 9.17) is 20.8 Å². The minimum absolute atomic E-state index is 0.236. The lowest BCUT2D eigenvalue weighted by Gasteiger charge is -2.19. The predicted molar refractivity (Wildman–Crippen MR) is 103 cm³/mol. The van der Waals surface area contributed by atoms with E-state index in [9.17, 15) is 14.4 Å². The van der Waals surface area contributed by atoms with Crippen molar-refractivity contribution >= 4 is 45.8 Å². The summed E-state index contributed by atoms with van der Waals surface area (Å²) in [7, 11) is 0. The molecule has 0 aliphatic heterocycles. The van der Waals surface area contributed by atoms with E-state index in [1.807, 2.05) is 13.0 Å². The summed E-state index contributed by atoms with van der Waals surface area (Å²) < 4.78 is 11.1. The summed E-state index contributed by atoms with van der Waals surface area (Å²) in [5.41, 5.74) is -0.0621. The smallest absolute Gasteiger partial charge is 0.374 e. The fourth-order valence-corrected chi connectivity index (χ4v) is 3.60. The van der Waals surface area contributed by atoms with E-state index in [-0.39, 0.29) is 22.7 Å². The SMILES string of the molecule is CCN(Cc1ccc(Cl)s1)C(=O)COC(=O)c1cc(=O)c2ccccc2o1. The van der Waals surface area contributed by atoms with E-state index in [2.05, 4.69) is 0 Å². The van der Waals surface area contributed by atoms with Crippen molar-refractivity contribution in [2.45, 2.75) is 13.5 Å². The van der Waals surface area contributed by atoms with Crippen LogP contribution < -0.4 is 5.43 Å². The molecule has 27 heavy (non-hydrogen) atoms. The van der Waals surface area contributed by atoms with Crippen LogP contribution >= 0.6 is 22.9 Å². The van der Waals surface area contributed by atoms with Crippen LogP contribution in [0.3, 0.4) is 0 Å². The number of benzene rings is 1. The molecule has 3 aromatic rings. The first-order chi connectivity index (χ1) is 13.0. The number of carbonyl (C=O) groups excluding carboxylic acids is 2. The number of amides is 1. The average molecular weight is 406 g/mol. The summed E-state index contributed by atoms with van der Waals surface area (Å²) in [6.45, 7) is 2.23. The molecule has 0 fully saturated rings. The van der Waals surface area contributed by atoms with Gasteiger partial charge in [0.2, 0.25) is 5.76 Å². The van der Waals surface area contributed by atoms with Gasteiger partial charge in [-0.05, 0) is 31.2 Å². The summed E-state index contributed by atoms with van der Waals surface area (Å²) in [4.78, 5) is 39.0. The molecule has 1 aromatic carbocycles. The molecule has 0 saturated heterocycles. The zero-order chi connectivity index (χ0) is 19.4. The van der Waals surface area contributed by atoms with Crippen LogP contribution in [0, 0.1) is 0 Å². The largest absolute Gasteiger partial charge is 0.450 e. The fourth-order valence-electron chi connectivity index (χ4n) is 2.50. The number of halogens is 1. The minimum Gasteiger partial charge on any atom is -0.450 e. The quantitative estimate of drug-likeness (QED) is 0.584. The van der Waals surface area contributed by atoms with E-state index in [1.54, 1.807) is 35.2 Å². The molecule has 0 unspecified atom stereocenters. The van der Waals surface area contributed by atoms with Gasteiger partial charge in [-0.2, -0.15) is 0 Å². The van der Waals surface area contributed by atoms with Crippen LogP contribution in [-0.2, 0) is 16.1 Å². The summed E-state index contributed by atoms with van der Waals surface area (Å²) in [5.74, 6) is -1.44. The van der Waals surface area contributed by atoms with E-state index < -0.39 is 12.6 Å². The maximum absolute atomic E-state index is 12.3. The Hall–Kier alpha value is -2.64. The molecule has 2 heterocycles. The van der Waals surface area contributed by atoms with Gasteiger partial charge in [0.1, 0.15) is 5.58 Å². The molecule has 0 saturated carbocycles. The maximum atomic E-state index is 12.3. The standard InChI is InChI=1S/C19H16ClNO5S/c1-2-21(10-12-7-8-17(20)27-12)18(23)11-25-19(24)16-9-14(22)13-5-3-4-6-15(13)26-16/h3-9H,2,10-11H2,1H3. The molecular weight excluding hydrogens is 390 g/mol. The third-order valence-electron chi connectivity index (χ3n) is 3.87. The van der Waals surface area contributed by atoms with E-state index >= 15 is 0 Å². The number of para-hydroxylation sites is 1. The predicted octanol–water partition coefficient (Wildman–Crippen LogP) is 3.71. The first-order valence-corrected chi connectivity index (χ1v) is 9.39. The van der Waals surface area contributed by atoms with Gasteiger partial charge in [-0.15, -0.1) is 11.3 Å². The Morgan fingerprint density at radius 2 is 2.00 bits per heavy atom. The molecule has 1 amide bonds. The number of hydrogen-bond donors (Lipinski definition) is 0. The number of fused-ring (bicyclic) bond motifs is 1. The zero-order valence-electron chi connectivity index (χ0n) is 14.4. The number of rotatable bonds is 6. The fraction of sp³-hybridized carbons (Fsp3) is 0.211. The number of thiophene rings is 1. The molecule has 0 spiro atoms. The average Bonchev–Trinajstić information content (AvgIpc) is 3.08. The van der Waals surface area contributed by atoms with Crippen molar-refractivity contribution in [3.8, 4) is 0 Å². The van der Waals surface area contributed by atoms with Crippen molar-refractivity contribution < 1.29 is 18.7 Å². The van der Waals surface area contributed by atoms with Crippen LogP contribution in [0.25, 0.3) is 11.0 Å². The Kier molecular flexibility index (Phi) is 5.93. The first kappa shape index (κ1) is 19.1. The van der Waals surface area contributed by atoms with Gasteiger partial charge in [0.25, 0.3) is 5.91 Å². The monoisotopic (exact) mass is 405 g/mol. The number of ether oxygens (including phenoxy) is 1. The van der Waals surface area contributed by atoms with Crippen molar-refractivity contribution in [1.82, 2.24) is 4.90 Å². The molecule has 0 aliphatic rings. The lowest BCUT2D eigenvalue weighted by molar-refractivity contribution is -0.134. The van der Waals surface area contributed by atoms with Crippen molar-refractivity contribution in [3.05, 3.63) is 67.7 Å². The number of esters is 1. The molecule has 0 N–H and O–H groups in total. The molecule has 0 aliphatic carbocycles. The Morgan fingerprint density at radius 3 is 2.70 bits per heavy atom. The number of likely N-dealkylation sites (N-methyl/N-ethyl adjacent to an activating group) is 1. The van der Waals surface area contributed by atoms with Crippen LogP contribution in [0.15, 0.2) is 51.7 Å². The highest BCUT2D eigenvalue weighted by Gasteiger charge is 2.18. The zero-order valence-corrected chi connectivity index (χ0v) is 16.0. The highest BCUT2D eigenvalue weighted by molar-refractivity contribution is 7.16. The van der Waals surface area contributed by atoms with Crippen LogP contribution in [0.4, 0.5) is 0 Å². The number of hydrogen-bond acceptors (Lipinski definition) is 6. The van der Waals surface area contributed by atoms with Gasteiger partial charge < -0.3 is 14.1 Å². The minimum atomic E-state index is -0.860. The Morgan fingerprint density at radius 1 is 1.22 bits per heavy atom. The van der Waals surface area contributed by atoms with Crippen LogP contribution in [0.5, 0.6) is 0 Å². The van der Waals surface area contributed by atoms with Gasteiger partial charge in [0.05, 0.1) is 16.3 Å². The van der Waals surface area contributed by atoms with Crippen molar-refractivity contribution in [2.75, 3.05) is 13.2 Å². The molecule has 3 rings (SSSR count). The highest BCUT2D eigenvalue weighted by atomic mass is 35.5. The maximum Gasteiger partial charge on any atom is 0.374 e. The molecule has 2 aromatic heterocycles. The normalized spacial score (nSPS) is 10.7. The molecular formula is C19H16ClNO5S. The number of nitrogens with zero attached hydrogens (tertiary/aromatic N) is 1. The van der Waals surface area contributed by atoms with Gasteiger partial charge >= 0.3 is 5.97 Å². The Bertz CT molecular complexity index is 1040. The Balaban J connectivity index is 1.65. The molecule has 8 heteroatoms. The third kappa shape index (κ3) is 4.56. The summed E-state index contributed by atoms with van der Waals surface area (Å²) >= 11 is 7.29.